The van der Waals surface area contributed by atoms with Gasteiger partial charge in [0.05, 0.1) is 52.2 Å². The maximum Gasteiger partial charge on any atom is 0.189 e. The van der Waals surface area contributed by atoms with Crippen molar-refractivity contribution < 1.29 is 15.3 Å². The lowest BCUT2D eigenvalue weighted by Gasteiger charge is -2.08. The number of H-pyrrole nitrogens is 1. The number of aliphatic hydroxyl groups excluding tert-OH is 1. The number of phenolic OH excluding ortho intramolecular Hbond substituents is 2. The van der Waals surface area contributed by atoms with E-state index < -0.39 is 0 Å². The highest BCUT2D eigenvalue weighted by atomic mass is 35.5. The zero-order valence-electron chi connectivity index (χ0n) is 14.3. The molecule has 0 aliphatic rings. The fourth-order valence-corrected chi connectivity index (χ4v) is 3.51. The smallest absolute Gasteiger partial charge is 0.189 e. The van der Waals surface area contributed by atoms with Crippen LogP contribution in [0, 0.1) is 0 Å². The van der Waals surface area contributed by atoms with Crippen molar-refractivity contribution in [2.24, 2.45) is 10.7 Å². The molecular weight excluding hydrogens is 372 g/mol. The van der Waals surface area contributed by atoms with Crippen molar-refractivity contribution >= 4 is 45.0 Å². The molecule has 0 aliphatic carbocycles. The predicted molar refractivity (Wildman–Crippen MR) is 106 cm³/mol. The van der Waals surface area contributed by atoms with Crippen LogP contribution in [0.5, 0.6) is 11.5 Å². The van der Waals surface area contributed by atoms with E-state index in [1.165, 1.54) is 12.1 Å². The second-order valence-corrected chi connectivity index (χ2v) is 6.07. The van der Waals surface area contributed by atoms with E-state index in [1.54, 1.807) is 10.7 Å². The number of halogens is 1. The van der Waals surface area contributed by atoms with Gasteiger partial charge in [0.15, 0.2) is 5.43 Å². The van der Waals surface area contributed by atoms with E-state index in [9.17, 15) is 20.1 Å². The molecule has 4 aromatic rings. The number of phenols is 2. The van der Waals surface area contributed by atoms with Crippen LogP contribution < -0.4 is 16.5 Å². The van der Waals surface area contributed by atoms with E-state index in [2.05, 4.69) is 10.1 Å². The van der Waals surface area contributed by atoms with Crippen LogP contribution in [0.15, 0.2) is 34.1 Å². The van der Waals surface area contributed by atoms with Gasteiger partial charge in [-0.25, -0.2) is 0 Å². The van der Waals surface area contributed by atoms with E-state index in [1.807, 2.05) is 6.07 Å². The molecule has 1 heterocycles. The van der Waals surface area contributed by atoms with Crippen LogP contribution in [0.3, 0.4) is 0 Å². The molecule has 0 aliphatic heterocycles. The average molecular weight is 391 g/mol. The summed E-state index contributed by atoms with van der Waals surface area (Å²) in [5.74, 6) is -0.382. The Labute approximate surface area is 158 Å². The first-order valence-electron chi connectivity index (χ1n) is 8.25. The Morgan fingerprint density at radius 1 is 1.07 bits per heavy atom. The van der Waals surface area contributed by atoms with Gasteiger partial charge in [-0.1, -0.05) is 0 Å². The highest BCUT2D eigenvalue weighted by Gasteiger charge is 2.21. The largest absolute Gasteiger partial charge is 0.507 e. The summed E-state index contributed by atoms with van der Waals surface area (Å²) in [5.41, 5.74) is 6.43. The summed E-state index contributed by atoms with van der Waals surface area (Å²) in [7, 11) is 0. The van der Waals surface area contributed by atoms with Crippen LogP contribution >= 0.6 is 12.4 Å². The summed E-state index contributed by atoms with van der Waals surface area (Å²) in [6.07, 6.45) is 0. The predicted octanol–water partition coefficient (Wildman–Crippen LogP) is 0.758. The first-order chi connectivity index (χ1) is 12.6. The lowest BCUT2D eigenvalue weighted by Crippen LogP contribution is -2.10. The molecular formula is C18H19ClN4O4. The Morgan fingerprint density at radius 3 is 2.56 bits per heavy atom. The molecule has 0 spiro atoms. The number of nitrogens with zero attached hydrogens (tertiary/aromatic N) is 2. The third-order valence-electron chi connectivity index (χ3n) is 4.55. The highest BCUT2D eigenvalue weighted by molar-refractivity contribution is 6.23. The quantitative estimate of drug-likeness (QED) is 0.327. The fourth-order valence-electron chi connectivity index (χ4n) is 3.51. The van der Waals surface area contributed by atoms with E-state index in [0.717, 1.165) is 5.52 Å². The van der Waals surface area contributed by atoms with Crippen molar-refractivity contribution in [3.05, 3.63) is 39.8 Å². The zero-order valence-corrected chi connectivity index (χ0v) is 15.1. The molecule has 0 bridgehead atoms. The van der Waals surface area contributed by atoms with Gasteiger partial charge in [-0.2, -0.15) is 0 Å². The van der Waals surface area contributed by atoms with Crippen molar-refractivity contribution in [3.63, 3.8) is 0 Å². The molecule has 142 valence electrons. The van der Waals surface area contributed by atoms with Crippen LogP contribution in [0.1, 0.15) is 0 Å². The minimum atomic E-state index is -0.321. The lowest BCUT2D eigenvalue weighted by atomic mass is 9.99. The van der Waals surface area contributed by atoms with Gasteiger partial charge in [0, 0.05) is 11.9 Å². The summed E-state index contributed by atoms with van der Waals surface area (Å²) in [4.78, 5) is 16.9. The third kappa shape index (κ3) is 2.69. The molecule has 4 rings (SSSR count). The number of fused-ring (bicyclic) bond motifs is 2. The minimum Gasteiger partial charge on any atom is -0.507 e. The van der Waals surface area contributed by atoms with Crippen molar-refractivity contribution in [1.82, 2.24) is 9.78 Å². The van der Waals surface area contributed by atoms with Crippen molar-refractivity contribution in [3.8, 4) is 11.5 Å². The number of hydrogen-bond acceptors (Lipinski definition) is 6. The maximum absolute atomic E-state index is 12.5. The molecule has 0 unspecified atom stereocenters. The van der Waals surface area contributed by atoms with Gasteiger partial charge in [0.2, 0.25) is 0 Å². The molecule has 6 N–H and O–H groups in total. The molecule has 9 heteroatoms. The summed E-state index contributed by atoms with van der Waals surface area (Å²) < 4.78 is 1.70. The first kappa shape index (κ1) is 19.0. The minimum absolute atomic E-state index is 0. The molecule has 0 radical (unpaired) electrons. The fraction of sp³-hybridized carbons (Fsp3) is 0.222. The number of nitrogens with two attached hydrogens (primary N) is 1. The standard InChI is InChI=1S/C18H18N4O4.ClH/c19-5-6-20-9-1-2-10-14-13(9)18(26)16-12(25)4-3-11(24)15(16)17(14)21-22(10)7-8-23;/h1-4,21,23,25-26H,5-8,19H2;1H. The second kappa shape index (κ2) is 7.07. The first-order valence-corrected chi connectivity index (χ1v) is 8.25. The van der Waals surface area contributed by atoms with Gasteiger partial charge in [-0.15, -0.1) is 12.4 Å². The van der Waals surface area contributed by atoms with Crippen LogP contribution in [-0.4, -0.2) is 44.8 Å². The van der Waals surface area contributed by atoms with Crippen LogP contribution in [0.2, 0.25) is 0 Å². The van der Waals surface area contributed by atoms with E-state index >= 15 is 0 Å². The van der Waals surface area contributed by atoms with Gasteiger partial charge >= 0.3 is 0 Å². The Balaban J connectivity index is 0.00000210. The van der Waals surface area contributed by atoms with Gasteiger partial charge in [0.1, 0.15) is 11.5 Å². The van der Waals surface area contributed by atoms with Gasteiger partial charge in [-0.05, 0) is 24.3 Å². The van der Waals surface area contributed by atoms with Gasteiger partial charge in [-0.3, -0.25) is 19.6 Å². The SMILES string of the molecule is Cl.NCCN=c1ccc2c3c1c(O)c1c(O)ccc(=O)c1c3[nH]n2CCO. The number of aliphatic hydroxyl groups is 1. The number of aromatic nitrogens is 2. The summed E-state index contributed by atoms with van der Waals surface area (Å²) in [6, 6.07) is 6.09. The Morgan fingerprint density at radius 2 is 1.85 bits per heavy atom. The average Bonchev–Trinajstić information content (AvgIpc) is 2.99. The van der Waals surface area contributed by atoms with Crippen LogP contribution in [0.25, 0.3) is 32.6 Å². The van der Waals surface area contributed by atoms with Crippen LogP contribution in [-0.2, 0) is 6.54 Å². The van der Waals surface area contributed by atoms with Crippen LogP contribution in [0.4, 0.5) is 0 Å². The summed E-state index contributed by atoms with van der Waals surface area (Å²) in [6.45, 7) is 0.928. The van der Waals surface area contributed by atoms with E-state index in [0.29, 0.717) is 41.3 Å². The number of aromatic hydroxyl groups is 2. The van der Waals surface area contributed by atoms with Crippen molar-refractivity contribution in [2.75, 3.05) is 19.7 Å². The maximum atomic E-state index is 12.5. The number of hydrogen-bond donors (Lipinski definition) is 5. The number of nitrogens with one attached hydrogen (secondary N) is 1. The second-order valence-electron chi connectivity index (χ2n) is 6.07. The molecule has 1 aromatic heterocycles. The van der Waals surface area contributed by atoms with Crippen molar-refractivity contribution in [1.29, 1.82) is 0 Å². The number of rotatable bonds is 4. The van der Waals surface area contributed by atoms with E-state index in [4.69, 9.17) is 5.73 Å². The molecule has 0 atom stereocenters. The molecule has 3 aromatic carbocycles. The molecule has 0 amide bonds. The summed E-state index contributed by atoms with van der Waals surface area (Å²) in [5, 5.41) is 35.5. The van der Waals surface area contributed by atoms with Gasteiger partial charge in [0.25, 0.3) is 0 Å². The molecule has 0 fully saturated rings. The molecule has 0 saturated carbocycles. The van der Waals surface area contributed by atoms with E-state index in [-0.39, 0.29) is 46.7 Å². The Hall–Kier alpha value is -2.81. The normalized spacial score (nSPS) is 12.3. The third-order valence-corrected chi connectivity index (χ3v) is 4.55. The highest BCUT2D eigenvalue weighted by Crippen LogP contribution is 2.41. The topological polar surface area (TPSA) is 137 Å². The molecule has 0 saturated heterocycles. The number of aromatic amines is 1. The van der Waals surface area contributed by atoms with Gasteiger partial charge < -0.3 is 21.1 Å². The monoisotopic (exact) mass is 390 g/mol. The molecule has 8 nitrogen and oxygen atoms in total. The Bertz CT molecular complexity index is 1260. The van der Waals surface area contributed by atoms with Crippen molar-refractivity contribution in [2.45, 2.75) is 6.54 Å². The Kier molecular flexibility index (Phi) is 4.97. The molecule has 27 heavy (non-hydrogen) atoms. The number of benzene rings is 3. The lowest BCUT2D eigenvalue weighted by molar-refractivity contribution is 0.272. The zero-order chi connectivity index (χ0) is 18.4. The summed E-state index contributed by atoms with van der Waals surface area (Å²) >= 11 is 0.